The summed E-state index contributed by atoms with van der Waals surface area (Å²) in [7, 11) is 0. The van der Waals surface area contributed by atoms with Gasteiger partial charge in [-0.05, 0) is 93.8 Å². The van der Waals surface area contributed by atoms with Gasteiger partial charge in [-0.1, -0.05) is 38.0 Å². The largest absolute Gasteiger partial charge is 0.429 e. The Morgan fingerprint density at radius 3 is 1.85 bits per heavy atom. The van der Waals surface area contributed by atoms with Gasteiger partial charge >= 0.3 is 5.97 Å². The molecule has 0 spiro atoms. The van der Waals surface area contributed by atoms with E-state index in [4.69, 9.17) is 28.4 Å². The molecule has 0 unspecified atom stereocenters. The molecule has 4 aliphatic carbocycles. The van der Waals surface area contributed by atoms with E-state index in [-0.39, 0.29) is 41.6 Å². The summed E-state index contributed by atoms with van der Waals surface area (Å²) in [5, 5.41) is 137. The van der Waals surface area contributed by atoms with E-state index in [0.717, 1.165) is 37.7 Å². The van der Waals surface area contributed by atoms with Crippen LogP contribution in [0.1, 0.15) is 86.0 Å². The topological polar surface area (TPSA) is 335 Å². The minimum atomic E-state index is -1.88. The molecule has 3 aliphatic heterocycles. The number of carbonyl (C=O) groups is 1. The van der Waals surface area contributed by atoms with Gasteiger partial charge in [-0.15, -0.1) is 0 Å². The molecule has 3 saturated carbocycles. The van der Waals surface area contributed by atoms with Crippen molar-refractivity contribution in [3.8, 4) is 0 Å². The van der Waals surface area contributed by atoms with Gasteiger partial charge in [0.2, 0.25) is 6.29 Å². The molecule has 0 aromatic heterocycles. The van der Waals surface area contributed by atoms with E-state index in [2.05, 4.69) is 19.9 Å². The molecule has 3 saturated heterocycles. The second-order valence-electron chi connectivity index (χ2n) is 20.7. The van der Waals surface area contributed by atoms with Crippen LogP contribution in [0.25, 0.3) is 0 Å². The molecule has 25 atom stereocenters. The first-order chi connectivity index (χ1) is 31.1. The highest BCUT2D eigenvalue weighted by Gasteiger charge is 2.62. The molecule has 378 valence electrons. The van der Waals surface area contributed by atoms with Crippen LogP contribution < -0.4 is 0 Å². The van der Waals surface area contributed by atoms with Crippen molar-refractivity contribution < 1.29 is 99.6 Å². The van der Waals surface area contributed by atoms with Gasteiger partial charge in [0.25, 0.3) is 0 Å². The van der Waals surface area contributed by atoms with E-state index in [1.54, 1.807) is 6.92 Å². The Morgan fingerprint density at radius 2 is 1.27 bits per heavy atom. The fraction of sp³-hybridized carbons (Fsp3) is 0.891. The molecular formula is C46H74O20. The minimum absolute atomic E-state index is 0.105. The molecule has 0 radical (unpaired) electrons. The number of hydrogen-bond donors (Lipinski definition) is 13. The first-order valence-corrected chi connectivity index (χ1v) is 23.6. The van der Waals surface area contributed by atoms with E-state index in [1.807, 2.05) is 6.92 Å². The van der Waals surface area contributed by atoms with Crippen LogP contribution in [-0.2, 0) is 33.2 Å². The number of ether oxygens (including phenoxy) is 6. The molecule has 20 nitrogen and oxygen atoms in total. The third-order valence-electron chi connectivity index (χ3n) is 17.3. The number of aliphatic hydroxyl groups is 13. The zero-order chi connectivity index (χ0) is 48.3. The summed E-state index contributed by atoms with van der Waals surface area (Å²) in [5.41, 5.74) is 1.11. The molecule has 13 N–H and O–H groups in total. The van der Waals surface area contributed by atoms with Crippen LogP contribution in [0.4, 0.5) is 0 Å². The normalized spacial score (nSPS) is 49.7. The van der Waals surface area contributed by atoms with Gasteiger partial charge in [0, 0.05) is 17.4 Å². The van der Waals surface area contributed by atoms with Crippen LogP contribution in [0.5, 0.6) is 0 Å². The number of carbonyl (C=O) groups excluding carboxylic acids is 1. The summed E-state index contributed by atoms with van der Waals surface area (Å²) in [6.45, 7) is 7.59. The first-order valence-electron chi connectivity index (χ1n) is 23.6. The smallest absolute Gasteiger partial charge is 0.336 e. The van der Waals surface area contributed by atoms with E-state index in [0.29, 0.717) is 23.8 Å². The third kappa shape index (κ3) is 9.32. The molecule has 20 heteroatoms. The highest BCUT2D eigenvalue weighted by Crippen LogP contribution is 2.67. The van der Waals surface area contributed by atoms with Crippen molar-refractivity contribution in [2.45, 2.75) is 196 Å². The molecule has 7 aliphatic rings. The van der Waals surface area contributed by atoms with Crippen molar-refractivity contribution in [2.24, 2.45) is 40.4 Å². The Hall–Kier alpha value is -1.77. The standard InChI is InChI=1S/C46H74O20/c1-18(19(2)41(60)66-44-40(37(57)34(54)30(17-49)64-44)65-43-39(59)36(56)33(53)29(16-48)63-43)12-27(50)20(3)24-8-9-25-23-7-6-21-13-22(61-42-38(58)35(55)32(52)28(15-47)62-42)14-31(51)46(21,5)26(23)10-11-45(24,25)4/h6,20,22-40,42-44,47-59H,7-17H2,1-5H3/b19-18+/t20-,22+,23-,24+,25-,26-,27+,28+,29+,30+,31-,32+,33+,34+,35-,36-,37-,38+,39+,40+,42+,43-,44-,45+,46-/m0/s1. The van der Waals surface area contributed by atoms with E-state index in [9.17, 15) is 71.2 Å². The summed E-state index contributed by atoms with van der Waals surface area (Å²) in [6.07, 6.45) is -18.6. The molecule has 0 aromatic carbocycles. The van der Waals surface area contributed by atoms with Crippen LogP contribution in [0.15, 0.2) is 22.8 Å². The lowest BCUT2D eigenvalue weighted by Gasteiger charge is -2.60. The number of rotatable bonds is 13. The average molecular weight is 947 g/mol. The SMILES string of the molecule is C/C(C[C@@H](O)[C@@H](C)[C@H]1CC[C@H]2[C@@H]3CC=C4C[C@@H](O[C@@H]5O[C@H](CO)[C@@H](O)[C@H](O)[C@H]5O)C[C@H](O)[C@]4(C)[C@H]3CC[C@]12C)=C(/C)C(=O)O[C@@H]1O[C@H](CO)[C@@H](O)[C@H](O)[C@H]1O[C@@H]1O[C@H](CO)[C@@H](O)[C@H](O)[C@H]1O. The Balaban J connectivity index is 0.988. The van der Waals surface area contributed by atoms with Crippen molar-refractivity contribution in [1.82, 2.24) is 0 Å². The highest BCUT2D eigenvalue weighted by molar-refractivity contribution is 5.88. The van der Waals surface area contributed by atoms with Crippen LogP contribution >= 0.6 is 0 Å². The molecular weight excluding hydrogens is 872 g/mol. The molecule has 3 heterocycles. The highest BCUT2D eigenvalue weighted by atomic mass is 16.8. The fourth-order valence-corrected chi connectivity index (χ4v) is 13.0. The lowest BCUT2D eigenvalue weighted by molar-refractivity contribution is -0.362. The predicted molar refractivity (Wildman–Crippen MR) is 226 cm³/mol. The summed E-state index contributed by atoms with van der Waals surface area (Å²) < 4.78 is 34.1. The van der Waals surface area contributed by atoms with Crippen LogP contribution in [0.2, 0.25) is 0 Å². The molecule has 0 aromatic rings. The fourth-order valence-electron chi connectivity index (χ4n) is 13.0. The summed E-state index contributed by atoms with van der Waals surface area (Å²) >= 11 is 0. The summed E-state index contributed by atoms with van der Waals surface area (Å²) in [5.74, 6) is -0.0992. The molecule has 66 heavy (non-hydrogen) atoms. The van der Waals surface area contributed by atoms with Gasteiger partial charge in [-0.25, -0.2) is 4.79 Å². The minimum Gasteiger partial charge on any atom is -0.429 e. The van der Waals surface area contributed by atoms with Gasteiger partial charge in [-0.2, -0.15) is 0 Å². The van der Waals surface area contributed by atoms with Crippen LogP contribution in [0.3, 0.4) is 0 Å². The zero-order valence-electron chi connectivity index (χ0n) is 38.3. The van der Waals surface area contributed by atoms with Gasteiger partial charge in [-0.3, -0.25) is 0 Å². The average Bonchev–Trinajstić information content (AvgIpc) is 3.65. The third-order valence-corrected chi connectivity index (χ3v) is 17.3. The number of fused-ring (bicyclic) bond motifs is 5. The number of esters is 1. The van der Waals surface area contributed by atoms with Gasteiger partial charge in [0.05, 0.1) is 38.1 Å². The van der Waals surface area contributed by atoms with E-state index >= 15 is 0 Å². The van der Waals surface area contributed by atoms with Crippen molar-refractivity contribution in [3.05, 3.63) is 22.8 Å². The molecule has 7 rings (SSSR count). The maximum Gasteiger partial charge on any atom is 0.336 e. The Labute approximate surface area is 384 Å². The molecule has 0 amide bonds. The van der Waals surface area contributed by atoms with Crippen molar-refractivity contribution in [2.75, 3.05) is 19.8 Å². The predicted octanol–water partition coefficient (Wildman–Crippen LogP) is -2.39. The number of aliphatic hydroxyl groups excluding tert-OH is 13. The van der Waals surface area contributed by atoms with Crippen LogP contribution in [0, 0.1) is 40.4 Å². The zero-order valence-corrected chi connectivity index (χ0v) is 38.3. The van der Waals surface area contributed by atoms with Crippen molar-refractivity contribution in [3.63, 3.8) is 0 Å². The Morgan fingerprint density at radius 1 is 0.727 bits per heavy atom. The Bertz CT molecular complexity index is 1740. The maximum absolute atomic E-state index is 13.7. The van der Waals surface area contributed by atoms with Gasteiger partial charge in [0.15, 0.2) is 18.7 Å². The first kappa shape index (κ1) is 52.1. The Kier molecular flexibility index (Phi) is 16.2. The van der Waals surface area contributed by atoms with Crippen molar-refractivity contribution >= 4 is 5.97 Å². The van der Waals surface area contributed by atoms with E-state index < -0.39 is 142 Å². The lowest BCUT2D eigenvalue weighted by atomic mass is 9.46. The van der Waals surface area contributed by atoms with E-state index in [1.165, 1.54) is 6.92 Å². The second-order valence-corrected chi connectivity index (χ2v) is 20.7. The second kappa shape index (κ2) is 20.5. The maximum atomic E-state index is 13.7. The molecule has 0 bridgehead atoms. The van der Waals surface area contributed by atoms with Gasteiger partial charge in [0.1, 0.15) is 67.1 Å². The monoisotopic (exact) mass is 946 g/mol. The number of hydrogen-bond acceptors (Lipinski definition) is 20. The van der Waals surface area contributed by atoms with Crippen LogP contribution in [-0.4, -0.2) is 203 Å². The van der Waals surface area contributed by atoms with Gasteiger partial charge < -0.3 is 94.8 Å². The van der Waals surface area contributed by atoms with Crippen molar-refractivity contribution in [1.29, 1.82) is 0 Å². The lowest BCUT2D eigenvalue weighted by Crippen LogP contribution is -2.64. The summed E-state index contributed by atoms with van der Waals surface area (Å²) in [6, 6.07) is 0. The quantitative estimate of drug-likeness (QED) is 0.0521. The number of allylic oxidation sites excluding steroid dienone is 1. The molecule has 6 fully saturated rings. The summed E-state index contributed by atoms with van der Waals surface area (Å²) in [4.78, 5) is 13.7.